The van der Waals surface area contributed by atoms with Gasteiger partial charge in [-0.15, -0.1) is 0 Å². The summed E-state index contributed by atoms with van der Waals surface area (Å²) >= 11 is 5.87. The number of aromatic nitrogens is 2. The lowest BCUT2D eigenvalue weighted by atomic mass is 10.0. The van der Waals surface area contributed by atoms with E-state index in [9.17, 15) is 9.18 Å². The van der Waals surface area contributed by atoms with Gasteiger partial charge in [0.2, 0.25) is 5.91 Å². The van der Waals surface area contributed by atoms with E-state index in [4.69, 9.17) is 21.4 Å². The number of benzene rings is 2. The topological polar surface area (TPSA) is 87.6 Å². The molecule has 1 aromatic heterocycles. The molecule has 2 N–H and O–H groups in total. The molecule has 2 aromatic carbocycles. The molecule has 0 saturated carbocycles. The number of anilines is 2. The zero-order valence-electron chi connectivity index (χ0n) is 21.6. The number of nitrogens with one attached hydrogen (secondary N) is 1. The molecule has 1 aliphatic rings. The molecule has 0 spiro atoms. The number of β-amino-alcohol motifs (C(OH)–C–C–N with tert-alkyl or cyclic N) is 1. The van der Waals surface area contributed by atoms with E-state index >= 15 is 0 Å². The number of fused-ring (bicyclic) bond motifs is 1. The van der Waals surface area contributed by atoms with Gasteiger partial charge in [0.15, 0.2) is 0 Å². The lowest BCUT2D eigenvalue weighted by molar-refractivity contribution is -0.128. The van der Waals surface area contributed by atoms with Gasteiger partial charge in [-0.05, 0) is 49.1 Å². The number of carbonyl (C=O) groups is 1. The van der Waals surface area contributed by atoms with Crippen LogP contribution in [0.15, 0.2) is 36.7 Å². The second kappa shape index (κ2) is 14.6. The van der Waals surface area contributed by atoms with Gasteiger partial charge < -0.3 is 20.1 Å². The standard InChI is InChI=1S/C19H19ClFN3O.C6H11NO2.C2H6/c1-3-4-5-12-8-14(25-2)10-17-18(12)19(23-11-22-17)24-13-6-7-16(21)15(20)9-13;1-5(8)7-3-2-6(9)4-7;1-2/h6-11H,3-5H2,1-2H3,(H,22,23,24);6,9H,2-4H2,1H3;1-2H3. The third-order valence-corrected chi connectivity index (χ3v) is 5.91. The molecule has 0 bridgehead atoms. The maximum Gasteiger partial charge on any atom is 0.219 e. The number of aliphatic hydroxyl groups is 1. The van der Waals surface area contributed by atoms with E-state index in [-0.39, 0.29) is 17.0 Å². The Kier molecular flexibility index (Phi) is 11.8. The molecule has 2 heterocycles. The van der Waals surface area contributed by atoms with Crippen LogP contribution in [0.3, 0.4) is 0 Å². The van der Waals surface area contributed by atoms with Crippen LogP contribution in [-0.4, -0.2) is 52.2 Å². The summed E-state index contributed by atoms with van der Waals surface area (Å²) in [4.78, 5) is 21.0. The number of hydrogen-bond donors (Lipinski definition) is 2. The Labute approximate surface area is 217 Å². The fourth-order valence-corrected chi connectivity index (χ4v) is 3.94. The van der Waals surface area contributed by atoms with Gasteiger partial charge >= 0.3 is 0 Å². The van der Waals surface area contributed by atoms with Gasteiger partial charge in [0.05, 0.1) is 23.8 Å². The van der Waals surface area contributed by atoms with E-state index < -0.39 is 5.82 Å². The number of nitrogens with zero attached hydrogens (tertiary/aromatic N) is 3. The van der Waals surface area contributed by atoms with Crippen LogP contribution in [-0.2, 0) is 11.2 Å². The zero-order chi connectivity index (χ0) is 26.7. The number of amides is 1. The third-order valence-electron chi connectivity index (χ3n) is 5.62. The van der Waals surface area contributed by atoms with Gasteiger partial charge in [0, 0.05) is 37.2 Å². The highest BCUT2D eigenvalue weighted by Gasteiger charge is 2.21. The minimum atomic E-state index is -0.451. The van der Waals surface area contributed by atoms with Gasteiger partial charge in [-0.1, -0.05) is 38.8 Å². The predicted octanol–water partition coefficient (Wildman–Crippen LogP) is 6.14. The predicted molar refractivity (Wildman–Crippen MR) is 144 cm³/mol. The summed E-state index contributed by atoms with van der Waals surface area (Å²) in [6, 6.07) is 8.40. The lowest BCUT2D eigenvalue weighted by Crippen LogP contribution is -2.26. The van der Waals surface area contributed by atoms with E-state index in [1.165, 1.54) is 19.3 Å². The molecule has 1 saturated heterocycles. The molecule has 7 nitrogen and oxygen atoms in total. The molecule has 4 rings (SSSR count). The van der Waals surface area contributed by atoms with Crippen LogP contribution in [0.2, 0.25) is 5.02 Å². The molecular weight excluding hydrogens is 483 g/mol. The van der Waals surface area contributed by atoms with Gasteiger partial charge in [0.1, 0.15) is 23.7 Å². The monoisotopic (exact) mass is 518 g/mol. The Morgan fingerprint density at radius 1 is 1.28 bits per heavy atom. The number of ether oxygens (including phenoxy) is 1. The molecule has 1 fully saturated rings. The number of hydrogen-bond acceptors (Lipinski definition) is 6. The first-order valence-corrected chi connectivity index (χ1v) is 12.7. The number of likely N-dealkylation sites (tertiary alicyclic amines) is 1. The van der Waals surface area contributed by atoms with Gasteiger partial charge in [0.25, 0.3) is 0 Å². The van der Waals surface area contributed by atoms with Crippen molar-refractivity contribution < 1.29 is 19.0 Å². The van der Waals surface area contributed by atoms with Crippen molar-refractivity contribution in [3.05, 3.63) is 53.1 Å². The molecule has 1 unspecified atom stereocenters. The van der Waals surface area contributed by atoms with Crippen LogP contribution in [0.5, 0.6) is 5.75 Å². The Morgan fingerprint density at radius 2 is 2.03 bits per heavy atom. The van der Waals surface area contributed by atoms with E-state index in [0.29, 0.717) is 18.1 Å². The molecule has 9 heteroatoms. The fraction of sp³-hybridized carbons (Fsp3) is 0.444. The van der Waals surface area contributed by atoms with Crippen molar-refractivity contribution in [2.75, 3.05) is 25.5 Å². The molecule has 1 atom stereocenters. The molecule has 0 aliphatic carbocycles. The average Bonchev–Trinajstić information content (AvgIpc) is 3.33. The summed E-state index contributed by atoms with van der Waals surface area (Å²) in [5, 5.41) is 13.2. The van der Waals surface area contributed by atoms with Crippen molar-refractivity contribution in [2.45, 2.75) is 59.5 Å². The number of aryl methyl sites for hydroxylation is 1. The first kappa shape index (κ1) is 29.3. The molecule has 36 heavy (non-hydrogen) atoms. The van der Waals surface area contributed by atoms with Crippen LogP contribution in [0, 0.1) is 5.82 Å². The van der Waals surface area contributed by atoms with Gasteiger partial charge in [-0.3, -0.25) is 4.79 Å². The largest absolute Gasteiger partial charge is 0.497 e. The lowest BCUT2D eigenvalue weighted by Gasteiger charge is -2.14. The molecular formula is C27H36ClFN4O3. The maximum absolute atomic E-state index is 13.4. The Hall–Kier alpha value is -2.97. The summed E-state index contributed by atoms with van der Waals surface area (Å²) in [6.45, 7) is 8.92. The highest BCUT2D eigenvalue weighted by Crippen LogP contribution is 2.32. The molecule has 1 amide bonds. The van der Waals surface area contributed by atoms with Crippen LogP contribution >= 0.6 is 11.6 Å². The molecule has 1 aliphatic heterocycles. The van der Waals surface area contributed by atoms with Gasteiger partial charge in [-0.2, -0.15) is 0 Å². The summed E-state index contributed by atoms with van der Waals surface area (Å²) < 4.78 is 18.8. The van der Waals surface area contributed by atoms with Crippen LogP contribution < -0.4 is 10.1 Å². The van der Waals surface area contributed by atoms with E-state index in [0.717, 1.165) is 54.4 Å². The van der Waals surface area contributed by atoms with Crippen molar-refractivity contribution in [2.24, 2.45) is 0 Å². The fourth-order valence-electron chi connectivity index (χ4n) is 3.76. The summed E-state index contributed by atoms with van der Waals surface area (Å²) in [6.07, 6.45) is 4.99. The Bertz CT molecular complexity index is 1150. The number of aliphatic hydroxyl groups excluding tert-OH is 1. The second-order valence-corrected chi connectivity index (χ2v) is 8.58. The van der Waals surface area contributed by atoms with Crippen molar-refractivity contribution >= 4 is 39.9 Å². The zero-order valence-corrected chi connectivity index (χ0v) is 22.4. The summed E-state index contributed by atoms with van der Waals surface area (Å²) in [7, 11) is 1.64. The van der Waals surface area contributed by atoms with Crippen LogP contribution in [0.25, 0.3) is 10.9 Å². The smallest absolute Gasteiger partial charge is 0.219 e. The molecule has 0 radical (unpaired) electrons. The number of halogens is 2. The minimum Gasteiger partial charge on any atom is -0.497 e. The highest BCUT2D eigenvalue weighted by molar-refractivity contribution is 6.31. The summed E-state index contributed by atoms with van der Waals surface area (Å²) in [5.74, 6) is 1.05. The minimum absolute atomic E-state index is 0.0616. The van der Waals surface area contributed by atoms with Gasteiger partial charge in [-0.25, -0.2) is 14.4 Å². The normalized spacial score (nSPS) is 14.4. The second-order valence-electron chi connectivity index (χ2n) is 8.17. The number of rotatable bonds is 6. The number of carbonyl (C=O) groups excluding carboxylic acids is 1. The maximum atomic E-state index is 13.4. The van der Waals surface area contributed by atoms with Crippen molar-refractivity contribution in [3.63, 3.8) is 0 Å². The van der Waals surface area contributed by atoms with Crippen LogP contribution in [0.1, 0.15) is 52.5 Å². The van der Waals surface area contributed by atoms with Crippen molar-refractivity contribution in [1.29, 1.82) is 0 Å². The summed E-state index contributed by atoms with van der Waals surface area (Å²) in [5.41, 5.74) is 2.59. The molecule has 3 aromatic rings. The quantitative estimate of drug-likeness (QED) is 0.407. The first-order valence-electron chi connectivity index (χ1n) is 12.3. The van der Waals surface area contributed by atoms with Crippen LogP contribution in [0.4, 0.5) is 15.9 Å². The van der Waals surface area contributed by atoms with Crippen molar-refractivity contribution in [1.82, 2.24) is 14.9 Å². The Balaban J connectivity index is 0.000000347. The molecule has 196 valence electrons. The van der Waals surface area contributed by atoms with Crippen molar-refractivity contribution in [3.8, 4) is 5.75 Å². The first-order chi connectivity index (χ1) is 17.3. The van der Waals surface area contributed by atoms with E-state index in [1.54, 1.807) is 24.1 Å². The number of unbranched alkanes of at least 4 members (excludes halogenated alkanes) is 1. The average molecular weight is 519 g/mol. The third kappa shape index (κ3) is 8.03. The van der Waals surface area contributed by atoms with E-state index in [1.807, 2.05) is 26.0 Å². The number of methoxy groups -OCH3 is 1. The Morgan fingerprint density at radius 3 is 2.58 bits per heavy atom. The van der Waals surface area contributed by atoms with E-state index in [2.05, 4.69) is 22.2 Å². The SMILES string of the molecule is CC.CC(=O)N1CCC(O)C1.CCCCc1cc(OC)cc2ncnc(Nc3ccc(F)c(Cl)c3)c12. The highest BCUT2D eigenvalue weighted by atomic mass is 35.5.